The summed E-state index contributed by atoms with van der Waals surface area (Å²) in [5.41, 5.74) is -0.128. The Bertz CT molecular complexity index is 1080. The van der Waals surface area contributed by atoms with E-state index in [1.807, 2.05) is 12.1 Å². The minimum atomic E-state index is -4.03. The summed E-state index contributed by atoms with van der Waals surface area (Å²) in [6.45, 7) is 5.27. The second-order valence-electron chi connectivity index (χ2n) is 12.5. The summed E-state index contributed by atoms with van der Waals surface area (Å²) in [5.74, 6) is -0.466. The molecule has 0 bridgehead atoms. The van der Waals surface area contributed by atoms with E-state index in [0.717, 1.165) is 42.2 Å². The minimum absolute atomic E-state index is 0.0828. The van der Waals surface area contributed by atoms with E-state index in [4.69, 9.17) is 9.47 Å². The lowest BCUT2D eigenvalue weighted by Crippen LogP contribution is -2.25. The number of rotatable bonds is 13. The van der Waals surface area contributed by atoms with Gasteiger partial charge in [0, 0.05) is 0 Å². The van der Waals surface area contributed by atoms with Crippen molar-refractivity contribution in [3.05, 3.63) is 58.7 Å². The van der Waals surface area contributed by atoms with Crippen LogP contribution in [-0.2, 0) is 6.11 Å². The van der Waals surface area contributed by atoms with Crippen LogP contribution in [0, 0.1) is 36.3 Å². The van der Waals surface area contributed by atoms with Crippen LogP contribution in [0.25, 0.3) is 0 Å². The number of alkyl halides is 2. The number of benzene rings is 2. The van der Waals surface area contributed by atoms with Gasteiger partial charge in [0.15, 0.2) is 11.6 Å². The Hall–Kier alpha value is -2.24. The second kappa shape index (κ2) is 14.8. The maximum absolute atomic E-state index is 15.0. The van der Waals surface area contributed by atoms with Crippen molar-refractivity contribution >= 4 is 0 Å². The molecule has 0 spiro atoms. The maximum Gasteiger partial charge on any atom is 0.429 e. The first-order chi connectivity index (χ1) is 19.7. The molecule has 2 nitrogen and oxygen atoms in total. The van der Waals surface area contributed by atoms with E-state index in [2.05, 4.69) is 6.92 Å². The monoisotopic (exact) mass is 576 g/mol. The Morgan fingerprint density at radius 3 is 1.88 bits per heavy atom. The van der Waals surface area contributed by atoms with E-state index in [9.17, 15) is 17.6 Å². The molecule has 4 rings (SSSR count). The molecule has 0 heterocycles. The van der Waals surface area contributed by atoms with E-state index in [0.29, 0.717) is 5.92 Å². The lowest BCUT2D eigenvalue weighted by atomic mass is 9.74. The van der Waals surface area contributed by atoms with E-state index in [1.54, 1.807) is 6.92 Å². The van der Waals surface area contributed by atoms with Gasteiger partial charge in [-0.15, -0.1) is 0 Å². The van der Waals surface area contributed by atoms with E-state index >= 15 is 0 Å². The normalized spacial score (nSPS) is 23.4. The molecule has 0 aromatic heterocycles. The third-order valence-electron chi connectivity index (χ3n) is 9.57. The van der Waals surface area contributed by atoms with Gasteiger partial charge in [0.1, 0.15) is 11.3 Å². The molecule has 2 aliphatic carbocycles. The summed E-state index contributed by atoms with van der Waals surface area (Å²) >= 11 is 0. The van der Waals surface area contributed by atoms with Crippen molar-refractivity contribution in [2.24, 2.45) is 17.8 Å². The zero-order valence-corrected chi connectivity index (χ0v) is 25.1. The molecule has 0 atom stereocenters. The highest BCUT2D eigenvalue weighted by atomic mass is 19.3. The van der Waals surface area contributed by atoms with Gasteiger partial charge >= 0.3 is 6.11 Å². The summed E-state index contributed by atoms with van der Waals surface area (Å²) in [6.07, 6.45) is 14.5. The van der Waals surface area contributed by atoms with Crippen molar-refractivity contribution in [1.29, 1.82) is 0 Å². The van der Waals surface area contributed by atoms with Crippen molar-refractivity contribution in [2.45, 2.75) is 123 Å². The molecular formula is C35H48F4O2. The van der Waals surface area contributed by atoms with Crippen molar-refractivity contribution in [2.75, 3.05) is 6.61 Å². The highest BCUT2D eigenvalue weighted by Gasteiger charge is 2.41. The standard InChI is InChI=1S/C35H48F4O2/c1-4-6-7-8-25-9-11-26(12-10-25)13-14-27-15-17-28(18-16-27)29-19-21-30(22-20-29)41-35(38,39)32-24(3)23-31(40-5-2)33(36)34(32)37/h19-23,25-28H,4-18H2,1-3H3. The molecule has 0 amide bonds. The van der Waals surface area contributed by atoms with Gasteiger partial charge < -0.3 is 9.47 Å². The van der Waals surface area contributed by atoms with Crippen molar-refractivity contribution < 1.29 is 27.0 Å². The van der Waals surface area contributed by atoms with Crippen LogP contribution in [0.4, 0.5) is 17.6 Å². The van der Waals surface area contributed by atoms with Crippen LogP contribution in [0.5, 0.6) is 11.5 Å². The van der Waals surface area contributed by atoms with Crippen LogP contribution in [0.15, 0.2) is 30.3 Å². The van der Waals surface area contributed by atoms with Crippen molar-refractivity contribution in [3.8, 4) is 11.5 Å². The Kier molecular flexibility index (Phi) is 11.4. The van der Waals surface area contributed by atoms with Gasteiger partial charge in [-0.2, -0.15) is 13.2 Å². The first-order valence-corrected chi connectivity index (χ1v) is 16.0. The summed E-state index contributed by atoms with van der Waals surface area (Å²) in [5, 5.41) is 0. The molecule has 2 aromatic carbocycles. The molecule has 0 aliphatic heterocycles. The first-order valence-electron chi connectivity index (χ1n) is 16.0. The minimum Gasteiger partial charge on any atom is -0.491 e. The Morgan fingerprint density at radius 2 is 1.32 bits per heavy atom. The molecule has 2 aliphatic rings. The molecule has 0 radical (unpaired) electrons. The summed E-state index contributed by atoms with van der Waals surface area (Å²) < 4.78 is 68.8. The second-order valence-corrected chi connectivity index (χ2v) is 12.5. The van der Waals surface area contributed by atoms with E-state index < -0.39 is 23.3 Å². The Balaban J connectivity index is 1.24. The molecule has 0 saturated heterocycles. The Morgan fingerprint density at radius 1 is 0.756 bits per heavy atom. The lowest BCUT2D eigenvalue weighted by molar-refractivity contribution is -0.188. The van der Waals surface area contributed by atoms with Crippen LogP contribution in [0.2, 0.25) is 0 Å². The molecule has 0 N–H and O–H groups in total. The average Bonchev–Trinajstić information content (AvgIpc) is 2.96. The van der Waals surface area contributed by atoms with Gasteiger partial charge in [-0.3, -0.25) is 0 Å². The molecule has 2 saturated carbocycles. The SMILES string of the molecule is CCCCCC1CCC(CCC2CCC(c3ccc(OC(F)(F)c4c(C)cc(OCC)c(F)c4F)cc3)CC2)CC1. The predicted octanol–water partition coefficient (Wildman–Crippen LogP) is 11.2. The van der Waals surface area contributed by atoms with Crippen LogP contribution in [0.3, 0.4) is 0 Å². The molecule has 2 aromatic rings. The largest absolute Gasteiger partial charge is 0.491 e. The van der Waals surface area contributed by atoms with Gasteiger partial charge in [-0.25, -0.2) is 4.39 Å². The van der Waals surface area contributed by atoms with Gasteiger partial charge in [0.25, 0.3) is 0 Å². The van der Waals surface area contributed by atoms with E-state index in [1.165, 1.54) is 96.1 Å². The number of hydrogen-bond donors (Lipinski definition) is 0. The fourth-order valence-corrected chi connectivity index (χ4v) is 7.10. The predicted molar refractivity (Wildman–Crippen MR) is 157 cm³/mol. The van der Waals surface area contributed by atoms with Crippen LogP contribution >= 0.6 is 0 Å². The summed E-state index contributed by atoms with van der Waals surface area (Å²) in [4.78, 5) is 0. The number of aryl methyl sites for hydroxylation is 1. The maximum atomic E-state index is 15.0. The lowest BCUT2D eigenvalue weighted by Gasteiger charge is -2.32. The zero-order chi connectivity index (χ0) is 29.4. The van der Waals surface area contributed by atoms with Gasteiger partial charge in [0.05, 0.1) is 6.61 Å². The molecule has 0 unspecified atom stereocenters. The number of ether oxygens (including phenoxy) is 2. The molecule has 2 fully saturated rings. The fraction of sp³-hybridized carbons (Fsp3) is 0.657. The van der Waals surface area contributed by atoms with Gasteiger partial charge in [0.2, 0.25) is 5.82 Å². The van der Waals surface area contributed by atoms with Crippen LogP contribution < -0.4 is 9.47 Å². The van der Waals surface area contributed by atoms with Crippen molar-refractivity contribution in [1.82, 2.24) is 0 Å². The summed E-state index contributed by atoms with van der Waals surface area (Å²) in [6, 6.07) is 7.75. The average molecular weight is 577 g/mol. The highest BCUT2D eigenvalue weighted by Crippen LogP contribution is 2.42. The van der Waals surface area contributed by atoms with E-state index in [-0.39, 0.29) is 23.7 Å². The first kappa shape index (κ1) is 31.7. The summed E-state index contributed by atoms with van der Waals surface area (Å²) in [7, 11) is 0. The van der Waals surface area contributed by atoms with Crippen LogP contribution in [0.1, 0.15) is 126 Å². The zero-order valence-electron chi connectivity index (χ0n) is 25.1. The molecule has 41 heavy (non-hydrogen) atoms. The fourth-order valence-electron chi connectivity index (χ4n) is 7.10. The number of hydrogen-bond acceptors (Lipinski definition) is 2. The number of halogens is 4. The molecular weight excluding hydrogens is 528 g/mol. The Labute approximate surface area is 244 Å². The third kappa shape index (κ3) is 8.41. The van der Waals surface area contributed by atoms with Gasteiger partial charge in [-0.05, 0) is 92.5 Å². The molecule has 228 valence electrons. The third-order valence-corrected chi connectivity index (χ3v) is 9.57. The van der Waals surface area contributed by atoms with Crippen LogP contribution in [-0.4, -0.2) is 6.61 Å². The van der Waals surface area contributed by atoms with Crippen molar-refractivity contribution in [3.63, 3.8) is 0 Å². The quantitative estimate of drug-likeness (QED) is 0.174. The number of unbranched alkanes of at least 4 members (excludes halogenated alkanes) is 2. The highest BCUT2D eigenvalue weighted by molar-refractivity contribution is 5.40. The smallest absolute Gasteiger partial charge is 0.429 e. The topological polar surface area (TPSA) is 18.5 Å². The molecule has 6 heteroatoms. The van der Waals surface area contributed by atoms with Gasteiger partial charge in [-0.1, -0.05) is 83.3 Å².